The Balaban J connectivity index is 1.51. The molecule has 0 unspecified atom stereocenters. The molecule has 1 aromatic heterocycles. The number of nitrogens with one attached hydrogen (secondary N) is 1. The van der Waals surface area contributed by atoms with Gasteiger partial charge in [-0.05, 0) is 62.5 Å². The van der Waals surface area contributed by atoms with E-state index >= 15 is 0 Å². The third-order valence-corrected chi connectivity index (χ3v) is 5.17. The summed E-state index contributed by atoms with van der Waals surface area (Å²) in [4.78, 5) is 19.4. The van der Waals surface area contributed by atoms with E-state index in [2.05, 4.69) is 15.2 Å². The minimum atomic E-state index is -0.266. The molecule has 3 rings (SSSR count). The van der Waals surface area contributed by atoms with E-state index in [4.69, 9.17) is 4.74 Å². The predicted octanol–water partition coefficient (Wildman–Crippen LogP) is 4.46. The number of thiazole rings is 1. The van der Waals surface area contributed by atoms with Crippen LogP contribution in [-0.4, -0.2) is 43.0 Å². The second-order valence-corrected chi connectivity index (χ2v) is 8.02. The molecule has 0 fully saturated rings. The summed E-state index contributed by atoms with van der Waals surface area (Å²) in [5.74, 6) is 0.312. The maximum absolute atomic E-state index is 13.0. The number of ether oxygens (including phenoxy) is 1. The van der Waals surface area contributed by atoms with Gasteiger partial charge in [-0.25, -0.2) is 9.37 Å². The summed E-state index contributed by atoms with van der Waals surface area (Å²) in [6.45, 7) is 1.63. The lowest BCUT2D eigenvalue weighted by Gasteiger charge is -2.10. The largest absolute Gasteiger partial charge is 0.494 e. The van der Waals surface area contributed by atoms with E-state index in [0.29, 0.717) is 23.6 Å². The van der Waals surface area contributed by atoms with Crippen molar-refractivity contribution in [3.63, 3.8) is 0 Å². The summed E-state index contributed by atoms with van der Waals surface area (Å²) in [6, 6.07) is 13.6. The number of anilines is 1. The summed E-state index contributed by atoms with van der Waals surface area (Å²) in [7, 11) is 4.07. The van der Waals surface area contributed by atoms with Crippen molar-refractivity contribution in [3.05, 3.63) is 76.0 Å². The molecule has 0 aliphatic heterocycles. The van der Waals surface area contributed by atoms with Crippen molar-refractivity contribution >= 4 is 22.9 Å². The fraction of sp³-hybridized carbons (Fsp3) is 0.273. The molecule has 0 saturated heterocycles. The van der Waals surface area contributed by atoms with Crippen LogP contribution in [0.5, 0.6) is 5.75 Å². The van der Waals surface area contributed by atoms with E-state index in [1.54, 1.807) is 18.3 Å². The number of nitrogens with zero attached hydrogens (tertiary/aromatic N) is 2. The van der Waals surface area contributed by atoms with Crippen LogP contribution in [0, 0.1) is 5.82 Å². The first-order valence-corrected chi connectivity index (χ1v) is 10.2. The molecule has 0 spiro atoms. The third-order valence-electron chi connectivity index (χ3n) is 4.18. The summed E-state index contributed by atoms with van der Waals surface area (Å²) < 4.78 is 18.7. The van der Waals surface area contributed by atoms with Gasteiger partial charge in [0.1, 0.15) is 16.4 Å². The fourth-order valence-corrected chi connectivity index (χ4v) is 3.52. The highest BCUT2D eigenvalue weighted by molar-refractivity contribution is 7.13. The number of rotatable bonds is 9. The number of benzene rings is 2. The van der Waals surface area contributed by atoms with E-state index in [1.165, 1.54) is 23.5 Å². The second kappa shape index (κ2) is 10.1. The van der Waals surface area contributed by atoms with Crippen molar-refractivity contribution in [2.75, 3.05) is 32.6 Å². The van der Waals surface area contributed by atoms with Gasteiger partial charge >= 0.3 is 0 Å². The zero-order valence-corrected chi connectivity index (χ0v) is 17.3. The van der Waals surface area contributed by atoms with Gasteiger partial charge in [0.05, 0.1) is 17.8 Å². The average molecular weight is 414 g/mol. The molecule has 152 valence electrons. The van der Waals surface area contributed by atoms with Crippen molar-refractivity contribution in [2.45, 2.75) is 12.8 Å². The lowest BCUT2D eigenvalue weighted by molar-refractivity contribution is 0.103. The molecule has 0 aliphatic rings. The number of amides is 1. The van der Waals surface area contributed by atoms with Gasteiger partial charge in [-0.2, -0.15) is 0 Å². The van der Waals surface area contributed by atoms with Gasteiger partial charge < -0.3 is 15.0 Å². The Hall–Kier alpha value is -2.77. The highest BCUT2D eigenvalue weighted by Gasteiger charge is 2.11. The lowest BCUT2D eigenvalue weighted by atomic mass is 10.2. The Labute approximate surface area is 174 Å². The number of carbonyl (C=O) groups excluding carboxylic acids is 1. The zero-order valence-electron chi connectivity index (χ0n) is 16.5. The second-order valence-electron chi connectivity index (χ2n) is 6.91. The van der Waals surface area contributed by atoms with Gasteiger partial charge in [0.2, 0.25) is 0 Å². The van der Waals surface area contributed by atoms with Crippen molar-refractivity contribution in [3.8, 4) is 5.75 Å². The van der Waals surface area contributed by atoms with Crippen LogP contribution in [0.3, 0.4) is 0 Å². The van der Waals surface area contributed by atoms with Crippen molar-refractivity contribution < 1.29 is 13.9 Å². The molecule has 1 amide bonds. The normalized spacial score (nSPS) is 10.9. The summed E-state index contributed by atoms with van der Waals surface area (Å²) in [5.41, 5.74) is 1.65. The highest BCUT2D eigenvalue weighted by atomic mass is 32.1. The predicted molar refractivity (Wildman–Crippen MR) is 114 cm³/mol. The first-order valence-electron chi connectivity index (χ1n) is 9.38. The lowest BCUT2D eigenvalue weighted by Crippen LogP contribution is -2.15. The summed E-state index contributed by atoms with van der Waals surface area (Å²) in [6.07, 6.45) is 3.09. The van der Waals surface area contributed by atoms with Crippen LogP contribution in [0.4, 0.5) is 10.1 Å². The van der Waals surface area contributed by atoms with E-state index in [-0.39, 0.29) is 11.7 Å². The van der Waals surface area contributed by atoms with Gasteiger partial charge in [0, 0.05) is 18.7 Å². The van der Waals surface area contributed by atoms with Gasteiger partial charge in [-0.1, -0.05) is 12.1 Å². The maximum atomic E-state index is 13.0. The molecule has 29 heavy (non-hydrogen) atoms. The number of hydrogen-bond donors (Lipinski definition) is 1. The molecule has 3 aromatic rings. The molecule has 0 radical (unpaired) electrons. The van der Waals surface area contributed by atoms with Gasteiger partial charge in [-0.3, -0.25) is 4.79 Å². The molecular formula is C22H24FN3O2S. The zero-order chi connectivity index (χ0) is 20.6. The Kier molecular flexibility index (Phi) is 7.32. The first-order chi connectivity index (χ1) is 14.0. The minimum absolute atomic E-state index is 0.201. The number of carbonyl (C=O) groups is 1. The number of halogens is 1. The summed E-state index contributed by atoms with van der Waals surface area (Å²) >= 11 is 1.33. The molecule has 0 bridgehead atoms. The summed E-state index contributed by atoms with van der Waals surface area (Å²) in [5, 5.41) is 3.68. The smallest absolute Gasteiger partial charge is 0.267 e. The molecule has 7 heteroatoms. The van der Waals surface area contributed by atoms with Crippen LogP contribution in [0.2, 0.25) is 0 Å². The molecule has 0 atom stereocenters. The molecule has 1 N–H and O–H groups in total. The van der Waals surface area contributed by atoms with Gasteiger partial charge in [0.25, 0.3) is 5.91 Å². The molecule has 1 heterocycles. The van der Waals surface area contributed by atoms with E-state index in [1.807, 2.05) is 38.4 Å². The highest BCUT2D eigenvalue weighted by Crippen LogP contribution is 2.20. The van der Waals surface area contributed by atoms with Crippen LogP contribution in [-0.2, 0) is 6.42 Å². The van der Waals surface area contributed by atoms with Crippen LogP contribution < -0.4 is 10.1 Å². The molecule has 5 nitrogen and oxygen atoms in total. The minimum Gasteiger partial charge on any atom is -0.494 e. The van der Waals surface area contributed by atoms with Crippen molar-refractivity contribution in [1.29, 1.82) is 0 Å². The van der Waals surface area contributed by atoms with Crippen LogP contribution >= 0.6 is 11.3 Å². The van der Waals surface area contributed by atoms with E-state index < -0.39 is 0 Å². The quantitative estimate of drug-likeness (QED) is 0.527. The van der Waals surface area contributed by atoms with E-state index in [0.717, 1.165) is 29.3 Å². The number of hydrogen-bond acceptors (Lipinski definition) is 5. The van der Waals surface area contributed by atoms with Crippen LogP contribution in [0.25, 0.3) is 0 Å². The monoisotopic (exact) mass is 413 g/mol. The van der Waals surface area contributed by atoms with Gasteiger partial charge in [-0.15, -0.1) is 11.3 Å². The maximum Gasteiger partial charge on any atom is 0.267 e. The topological polar surface area (TPSA) is 54.5 Å². The van der Waals surface area contributed by atoms with Crippen molar-refractivity contribution in [1.82, 2.24) is 9.88 Å². The third kappa shape index (κ3) is 6.66. The Bertz CT molecular complexity index is 924. The number of aromatic nitrogens is 1. The van der Waals surface area contributed by atoms with Crippen molar-refractivity contribution in [2.24, 2.45) is 0 Å². The fourth-order valence-electron chi connectivity index (χ4n) is 2.67. The van der Waals surface area contributed by atoms with Crippen LogP contribution in [0.15, 0.2) is 54.7 Å². The Morgan fingerprint density at radius 2 is 1.86 bits per heavy atom. The van der Waals surface area contributed by atoms with Gasteiger partial charge in [0.15, 0.2) is 0 Å². The molecule has 0 saturated carbocycles. The first kappa shape index (κ1) is 21.0. The average Bonchev–Trinajstić information content (AvgIpc) is 3.17. The Morgan fingerprint density at radius 3 is 2.55 bits per heavy atom. The standard InChI is InChI=1S/C22H24FN3O2S/c1-26(2)12-3-13-28-19-10-8-18(9-11-19)25-22(27)20-15-24-21(29-20)14-16-4-6-17(23)7-5-16/h4-11,15H,3,12-14H2,1-2H3,(H,25,27). The Morgan fingerprint density at radius 1 is 1.14 bits per heavy atom. The van der Waals surface area contributed by atoms with Crippen LogP contribution in [0.1, 0.15) is 26.7 Å². The molecular weight excluding hydrogens is 389 g/mol. The molecule has 0 aliphatic carbocycles. The van der Waals surface area contributed by atoms with E-state index in [9.17, 15) is 9.18 Å². The SMILES string of the molecule is CN(C)CCCOc1ccc(NC(=O)c2cnc(Cc3ccc(F)cc3)s2)cc1. The molecule has 2 aromatic carbocycles.